The highest BCUT2D eigenvalue weighted by atomic mass is 32.1. The lowest BCUT2D eigenvalue weighted by Gasteiger charge is -2.32. The smallest absolute Gasteiger partial charge is 0.253 e. The molecule has 3 nitrogen and oxygen atoms in total. The highest BCUT2D eigenvalue weighted by Gasteiger charge is 2.23. The molecule has 0 radical (unpaired) electrons. The van der Waals surface area contributed by atoms with Gasteiger partial charge in [-0.2, -0.15) is 0 Å². The van der Waals surface area contributed by atoms with Crippen molar-refractivity contribution in [3.63, 3.8) is 0 Å². The molecule has 1 fully saturated rings. The van der Waals surface area contributed by atoms with Gasteiger partial charge in [-0.05, 0) is 56.6 Å². The zero-order chi connectivity index (χ0) is 13.0. The Kier molecular flexibility index (Phi) is 4.66. The highest BCUT2D eigenvalue weighted by Crippen LogP contribution is 2.18. The normalized spacial score (nSPS) is 19.9. The van der Waals surface area contributed by atoms with Crippen LogP contribution in [0.4, 0.5) is 0 Å². The molecule has 0 spiro atoms. The SMILES string of the molecule is CNCC1CCCN(C(=O)c2ccc(S)cc2)C1. The Morgan fingerprint density at radius 1 is 1.44 bits per heavy atom. The Morgan fingerprint density at radius 3 is 2.83 bits per heavy atom. The zero-order valence-corrected chi connectivity index (χ0v) is 11.6. The van der Waals surface area contributed by atoms with Crippen LogP contribution in [0, 0.1) is 5.92 Å². The molecule has 0 aromatic heterocycles. The van der Waals surface area contributed by atoms with Crippen LogP contribution in [-0.2, 0) is 0 Å². The van der Waals surface area contributed by atoms with Gasteiger partial charge in [0.15, 0.2) is 0 Å². The topological polar surface area (TPSA) is 32.3 Å². The number of nitrogens with zero attached hydrogens (tertiary/aromatic N) is 1. The summed E-state index contributed by atoms with van der Waals surface area (Å²) in [5.74, 6) is 0.723. The lowest BCUT2D eigenvalue weighted by Crippen LogP contribution is -2.42. The minimum Gasteiger partial charge on any atom is -0.338 e. The van der Waals surface area contributed by atoms with Crippen molar-refractivity contribution >= 4 is 18.5 Å². The Balaban J connectivity index is 2.02. The first kappa shape index (κ1) is 13.4. The van der Waals surface area contributed by atoms with Gasteiger partial charge in [-0.1, -0.05) is 0 Å². The van der Waals surface area contributed by atoms with E-state index in [-0.39, 0.29) is 5.91 Å². The molecule has 98 valence electrons. The number of likely N-dealkylation sites (tertiary alicyclic amines) is 1. The molecule has 1 aromatic rings. The second-order valence-corrected chi connectivity index (χ2v) is 5.38. The van der Waals surface area contributed by atoms with Crippen molar-refractivity contribution in [1.82, 2.24) is 10.2 Å². The predicted octanol–water partition coefficient (Wildman–Crippen LogP) is 2.05. The summed E-state index contributed by atoms with van der Waals surface area (Å²) in [6.45, 7) is 2.73. The maximum absolute atomic E-state index is 12.3. The summed E-state index contributed by atoms with van der Waals surface area (Å²) < 4.78 is 0. The van der Waals surface area contributed by atoms with E-state index in [4.69, 9.17) is 0 Å². The predicted molar refractivity (Wildman–Crippen MR) is 76.2 cm³/mol. The third-order valence-corrected chi connectivity index (χ3v) is 3.71. The number of piperidine rings is 1. The monoisotopic (exact) mass is 264 g/mol. The van der Waals surface area contributed by atoms with Crippen molar-refractivity contribution in [3.05, 3.63) is 29.8 Å². The lowest BCUT2D eigenvalue weighted by molar-refractivity contribution is 0.0674. The molecular weight excluding hydrogens is 244 g/mol. The number of nitrogens with one attached hydrogen (secondary N) is 1. The van der Waals surface area contributed by atoms with Gasteiger partial charge in [0.05, 0.1) is 0 Å². The van der Waals surface area contributed by atoms with Gasteiger partial charge in [0.25, 0.3) is 5.91 Å². The van der Waals surface area contributed by atoms with Gasteiger partial charge >= 0.3 is 0 Å². The molecule has 18 heavy (non-hydrogen) atoms. The van der Waals surface area contributed by atoms with E-state index in [0.29, 0.717) is 5.92 Å². The molecular formula is C14H20N2OS. The number of hydrogen-bond acceptors (Lipinski definition) is 3. The number of benzene rings is 1. The first-order chi connectivity index (χ1) is 8.70. The summed E-state index contributed by atoms with van der Waals surface area (Å²) in [4.78, 5) is 15.2. The molecule has 1 unspecified atom stereocenters. The molecule has 0 aliphatic carbocycles. The van der Waals surface area contributed by atoms with Gasteiger partial charge < -0.3 is 10.2 Å². The van der Waals surface area contributed by atoms with Crippen molar-refractivity contribution in [2.75, 3.05) is 26.7 Å². The third-order valence-electron chi connectivity index (χ3n) is 3.41. The minimum absolute atomic E-state index is 0.143. The molecule has 1 N–H and O–H groups in total. The Bertz CT molecular complexity index is 403. The van der Waals surface area contributed by atoms with Gasteiger partial charge in [-0.25, -0.2) is 0 Å². The molecule has 1 amide bonds. The zero-order valence-electron chi connectivity index (χ0n) is 10.7. The standard InChI is InChI=1S/C14H20N2OS/c1-15-9-11-3-2-8-16(10-11)14(17)12-4-6-13(18)7-5-12/h4-7,11,15,18H,2-3,8-10H2,1H3. The van der Waals surface area contributed by atoms with E-state index in [2.05, 4.69) is 17.9 Å². The van der Waals surface area contributed by atoms with E-state index in [9.17, 15) is 4.79 Å². The van der Waals surface area contributed by atoms with E-state index in [1.807, 2.05) is 36.2 Å². The van der Waals surface area contributed by atoms with Crippen LogP contribution in [0.25, 0.3) is 0 Å². The van der Waals surface area contributed by atoms with E-state index in [1.165, 1.54) is 6.42 Å². The van der Waals surface area contributed by atoms with Crippen LogP contribution < -0.4 is 5.32 Å². The Hall–Kier alpha value is -1.00. The Labute approximate surface area is 114 Å². The van der Waals surface area contributed by atoms with E-state index < -0.39 is 0 Å². The van der Waals surface area contributed by atoms with Gasteiger partial charge in [-0.3, -0.25) is 4.79 Å². The number of hydrogen-bond donors (Lipinski definition) is 2. The second-order valence-electron chi connectivity index (χ2n) is 4.86. The van der Waals surface area contributed by atoms with Crippen LogP contribution in [-0.4, -0.2) is 37.5 Å². The quantitative estimate of drug-likeness (QED) is 0.819. The fraction of sp³-hybridized carbons (Fsp3) is 0.500. The van der Waals surface area contributed by atoms with Crippen LogP contribution in [0.1, 0.15) is 23.2 Å². The molecule has 1 saturated heterocycles. The largest absolute Gasteiger partial charge is 0.338 e. The van der Waals surface area contributed by atoms with Gasteiger partial charge in [0, 0.05) is 23.5 Å². The number of thiol groups is 1. The average molecular weight is 264 g/mol. The summed E-state index contributed by atoms with van der Waals surface area (Å²) in [5, 5.41) is 3.20. The van der Waals surface area contributed by atoms with Gasteiger partial charge in [0.2, 0.25) is 0 Å². The van der Waals surface area contributed by atoms with Crippen LogP contribution in [0.5, 0.6) is 0 Å². The highest BCUT2D eigenvalue weighted by molar-refractivity contribution is 7.80. The third kappa shape index (κ3) is 3.27. The molecule has 1 atom stereocenters. The number of carbonyl (C=O) groups excluding carboxylic acids is 1. The molecule has 1 aromatic carbocycles. The first-order valence-electron chi connectivity index (χ1n) is 6.43. The van der Waals surface area contributed by atoms with Crippen LogP contribution >= 0.6 is 12.6 Å². The minimum atomic E-state index is 0.143. The second kappa shape index (κ2) is 6.25. The molecule has 1 aliphatic rings. The van der Waals surface area contributed by atoms with Crippen molar-refractivity contribution in [1.29, 1.82) is 0 Å². The number of amides is 1. The number of rotatable bonds is 3. The summed E-state index contributed by atoms with van der Waals surface area (Å²) in [6, 6.07) is 7.44. The van der Waals surface area contributed by atoms with Crippen molar-refractivity contribution < 1.29 is 4.79 Å². The summed E-state index contributed by atoms with van der Waals surface area (Å²) >= 11 is 4.24. The van der Waals surface area contributed by atoms with Crippen molar-refractivity contribution in [2.24, 2.45) is 5.92 Å². The number of carbonyl (C=O) groups is 1. The first-order valence-corrected chi connectivity index (χ1v) is 6.88. The molecule has 1 aliphatic heterocycles. The van der Waals surface area contributed by atoms with Crippen LogP contribution in [0.3, 0.4) is 0 Å². The van der Waals surface area contributed by atoms with E-state index in [0.717, 1.165) is 36.5 Å². The summed E-state index contributed by atoms with van der Waals surface area (Å²) in [6.07, 6.45) is 2.31. The fourth-order valence-electron chi connectivity index (χ4n) is 2.49. The molecule has 0 bridgehead atoms. The molecule has 2 rings (SSSR count). The van der Waals surface area contributed by atoms with E-state index >= 15 is 0 Å². The van der Waals surface area contributed by atoms with Crippen molar-refractivity contribution in [3.8, 4) is 0 Å². The average Bonchev–Trinajstić information content (AvgIpc) is 2.39. The maximum Gasteiger partial charge on any atom is 0.253 e. The summed E-state index contributed by atoms with van der Waals surface area (Å²) in [7, 11) is 1.96. The van der Waals surface area contributed by atoms with Crippen LogP contribution in [0.15, 0.2) is 29.2 Å². The van der Waals surface area contributed by atoms with Gasteiger partial charge in [-0.15, -0.1) is 12.6 Å². The molecule has 1 heterocycles. The summed E-state index contributed by atoms with van der Waals surface area (Å²) in [5.41, 5.74) is 0.762. The Morgan fingerprint density at radius 2 is 2.17 bits per heavy atom. The van der Waals surface area contributed by atoms with Crippen molar-refractivity contribution in [2.45, 2.75) is 17.7 Å². The van der Waals surface area contributed by atoms with E-state index in [1.54, 1.807) is 0 Å². The fourth-order valence-corrected chi connectivity index (χ4v) is 2.64. The van der Waals surface area contributed by atoms with Crippen LogP contribution in [0.2, 0.25) is 0 Å². The van der Waals surface area contributed by atoms with Gasteiger partial charge in [0.1, 0.15) is 0 Å². The molecule has 0 saturated carbocycles. The lowest BCUT2D eigenvalue weighted by atomic mass is 9.97. The maximum atomic E-state index is 12.3. The molecule has 4 heteroatoms.